The van der Waals surface area contributed by atoms with Crippen molar-refractivity contribution in [3.05, 3.63) is 60.7 Å². The normalized spacial score (nSPS) is 17.7. The van der Waals surface area contributed by atoms with Crippen LogP contribution in [-0.4, -0.2) is 52.4 Å². The molecule has 0 saturated carbocycles. The van der Waals surface area contributed by atoms with Crippen molar-refractivity contribution in [2.45, 2.75) is 19.1 Å². The van der Waals surface area contributed by atoms with Gasteiger partial charge >= 0.3 is 0 Å². The van der Waals surface area contributed by atoms with Crippen LogP contribution in [0.15, 0.2) is 60.7 Å². The van der Waals surface area contributed by atoms with Crippen molar-refractivity contribution in [1.82, 2.24) is 0 Å². The molecule has 162 valence electrons. The summed E-state index contributed by atoms with van der Waals surface area (Å²) in [6, 6.07) is 21.7. The average molecular weight is 420 g/mol. The van der Waals surface area contributed by atoms with Crippen molar-refractivity contribution in [2.24, 2.45) is 0 Å². The van der Waals surface area contributed by atoms with Crippen molar-refractivity contribution >= 4 is 16.5 Å². The molecule has 0 N–H and O–H groups in total. The quantitative estimate of drug-likeness (QED) is 0.570. The predicted octanol–water partition coefficient (Wildman–Crippen LogP) is 4.88. The van der Waals surface area contributed by atoms with Crippen LogP contribution in [0.4, 0.5) is 5.69 Å². The van der Waals surface area contributed by atoms with Crippen LogP contribution in [0.25, 0.3) is 21.9 Å². The Morgan fingerprint density at radius 3 is 2.32 bits per heavy atom. The average Bonchev–Trinajstić information content (AvgIpc) is 2.85. The van der Waals surface area contributed by atoms with Crippen molar-refractivity contribution in [2.75, 3.05) is 51.0 Å². The molecule has 5 nitrogen and oxygen atoms in total. The third-order valence-electron chi connectivity index (χ3n) is 5.91. The number of anilines is 1. The first-order valence-corrected chi connectivity index (χ1v) is 11.2. The van der Waals surface area contributed by atoms with Gasteiger partial charge in [0, 0.05) is 25.2 Å². The lowest BCUT2D eigenvalue weighted by Gasteiger charge is -2.28. The molecule has 2 fully saturated rings. The molecule has 3 aromatic carbocycles. The molecule has 2 heterocycles. The van der Waals surface area contributed by atoms with Crippen LogP contribution < -0.4 is 9.64 Å². The molecule has 0 unspecified atom stereocenters. The number of rotatable bonds is 6. The van der Waals surface area contributed by atoms with Crippen molar-refractivity contribution in [3.8, 4) is 16.9 Å². The van der Waals surface area contributed by atoms with E-state index in [1.807, 2.05) is 6.07 Å². The Kier molecular flexibility index (Phi) is 6.35. The van der Waals surface area contributed by atoms with Gasteiger partial charge in [-0.15, -0.1) is 0 Å². The Balaban J connectivity index is 1.27. The van der Waals surface area contributed by atoms with Gasteiger partial charge in [0.05, 0.1) is 33.0 Å². The summed E-state index contributed by atoms with van der Waals surface area (Å²) in [6.45, 7) is 5.65. The van der Waals surface area contributed by atoms with E-state index < -0.39 is 0 Å². The maximum atomic E-state index is 5.97. The maximum absolute atomic E-state index is 5.97. The summed E-state index contributed by atoms with van der Waals surface area (Å²) in [6.07, 6.45) is 1.58. The van der Waals surface area contributed by atoms with Crippen LogP contribution in [-0.2, 0) is 14.2 Å². The molecule has 3 aromatic rings. The van der Waals surface area contributed by atoms with Crippen LogP contribution in [0.3, 0.4) is 0 Å². The van der Waals surface area contributed by atoms with Gasteiger partial charge < -0.3 is 23.8 Å². The van der Waals surface area contributed by atoms with Crippen molar-refractivity contribution in [1.29, 1.82) is 0 Å². The van der Waals surface area contributed by atoms with Crippen LogP contribution in [0.2, 0.25) is 0 Å². The van der Waals surface area contributed by atoms with Gasteiger partial charge in [-0.1, -0.05) is 30.3 Å². The Labute approximate surface area is 183 Å². The number of ether oxygens (including phenoxy) is 4. The van der Waals surface area contributed by atoms with Gasteiger partial charge in [0.1, 0.15) is 5.75 Å². The minimum atomic E-state index is -0.138. The highest BCUT2D eigenvalue weighted by Crippen LogP contribution is 2.29. The number of fused-ring (bicyclic) bond motifs is 1. The molecular formula is C26H29NO4. The highest BCUT2D eigenvalue weighted by molar-refractivity contribution is 5.88. The summed E-state index contributed by atoms with van der Waals surface area (Å²) < 4.78 is 22.6. The zero-order valence-electron chi connectivity index (χ0n) is 17.8. The number of nitrogens with zero attached hydrogens (tertiary/aromatic N) is 1. The molecule has 0 radical (unpaired) electrons. The van der Waals surface area contributed by atoms with E-state index in [9.17, 15) is 0 Å². The van der Waals surface area contributed by atoms with E-state index in [1.54, 1.807) is 0 Å². The Bertz CT molecular complexity index is 992. The molecule has 31 heavy (non-hydrogen) atoms. The lowest BCUT2D eigenvalue weighted by Crippen LogP contribution is -2.36. The highest BCUT2D eigenvalue weighted by atomic mass is 16.7. The fourth-order valence-corrected chi connectivity index (χ4v) is 4.16. The van der Waals surface area contributed by atoms with E-state index in [4.69, 9.17) is 18.9 Å². The fourth-order valence-electron chi connectivity index (χ4n) is 4.16. The van der Waals surface area contributed by atoms with Crippen LogP contribution >= 0.6 is 0 Å². The molecule has 0 bridgehead atoms. The highest BCUT2D eigenvalue weighted by Gasteiger charge is 2.14. The molecule has 5 heteroatoms. The van der Waals surface area contributed by atoms with Crippen molar-refractivity contribution in [3.63, 3.8) is 0 Å². The standard InChI is InChI=1S/C26H29NO4/c1-13-30-26(31-14-1)10-15-29-25-9-6-21-2-3-22(18-23(21)19-25)20-4-7-24(8-5-20)27-11-16-28-17-12-27/h2-9,18-19,26H,1,10-17H2. The lowest BCUT2D eigenvalue weighted by molar-refractivity contribution is -0.183. The number of hydrogen-bond acceptors (Lipinski definition) is 5. The molecule has 2 aliphatic heterocycles. The van der Waals surface area contributed by atoms with Crippen LogP contribution in [0, 0.1) is 0 Å². The number of hydrogen-bond donors (Lipinski definition) is 0. The SMILES string of the molecule is c1cc2ccc(-c3ccc(N4CCOCC4)cc3)cc2cc1OCCC1OCCCO1. The fraction of sp³-hybridized carbons (Fsp3) is 0.385. The van der Waals surface area contributed by atoms with Gasteiger partial charge in [0.2, 0.25) is 0 Å². The van der Waals surface area contributed by atoms with E-state index in [-0.39, 0.29) is 6.29 Å². The first kappa shape index (κ1) is 20.3. The zero-order chi connectivity index (χ0) is 20.9. The molecule has 0 amide bonds. The second-order valence-corrected chi connectivity index (χ2v) is 8.03. The number of benzene rings is 3. The lowest BCUT2D eigenvalue weighted by atomic mass is 10.0. The van der Waals surface area contributed by atoms with Gasteiger partial charge in [-0.2, -0.15) is 0 Å². The summed E-state index contributed by atoms with van der Waals surface area (Å²) in [5.41, 5.74) is 3.69. The Morgan fingerprint density at radius 1 is 0.774 bits per heavy atom. The van der Waals surface area contributed by atoms with E-state index in [1.165, 1.54) is 27.6 Å². The molecular weight excluding hydrogens is 390 g/mol. The zero-order valence-corrected chi connectivity index (χ0v) is 17.8. The molecule has 0 atom stereocenters. The number of morpholine rings is 1. The van der Waals surface area contributed by atoms with E-state index >= 15 is 0 Å². The monoisotopic (exact) mass is 419 g/mol. The predicted molar refractivity (Wildman–Crippen MR) is 123 cm³/mol. The van der Waals surface area contributed by atoms with Gasteiger partial charge in [0.15, 0.2) is 6.29 Å². The second-order valence-electron chi connectivity index (χ2n) is 8.03. The van der Waals surface area contributed by atoms with Gasteiger partial charge in [0.25, 0.3) is 0 Å². The van der Waals surface area contributed by atoms with Crippen molar-refractivity contribution < 1.29 is 18.9 Å². The van der Waals surface area contributed by atoms with E-state index in [0.29, 0.717) is 6.61 Å². The third kappa shape index (κ3) is 5.01. The van der Waals surface area contributed by atoms with E-state index in [0.717, 1.165) is 58.1 Å². The van der Waals surface area contributed by atoms with Gasteiger partial charge in [-0.05, 0) is 58.7 Å². The summed E-state index contributed by atoms with van der Waals surface area (Å²) >= 11 is 0. The largest absolute Gasteiger partial charge is 0.493 e. The first-order valence-electron chi connectivity index (χ1n) is 11.2. The summed E-state index contributed by atoms with van der Waals surface area (Å²) in [4.78, 5) is 2.38. The summed E-state index contributed by atoms with van der Waals surface area (Å²) in [7, 11) is 0. The maximum Gasteiger partial charge on any atom is 0.160 e. The minimum absolute atomic E-state index is 0.138. The minimum Gasteiger partial charge on any atom is -0.493 e. The molecule has 0 spiro atoms. The molecule has 0 aliphatic carbocycles. The second kappa shape index (κ2) is 9.69. The smallest absolute Gasteiger partial charge is 0.160 e. The van der Waals surface area contributed by atoms with Crippen LogP contribution in [0.1, 0.15) is 12.8 Å². The first-order chi connectivity index (χ1) is 15.3. The summed E-state index contributed by atoms with van der Waals surface area (Å²) in [5, 5.41) is 2.39. The van der Waals surface area contributed by atoms with E-state index in [2.05, 4.69) is 59.5 Å². The Morgan fingerprint density at radius 2 is 1.52 bits per heavy atom. The molecule has 0 aromatic heterocycles. The molecule has 2 saturated heterocycles. The molecule has 5 rings (SSSR count). The van der Waals surface area contributed by atoms with Gasteiger partial charge in [-0.25, -0.2) is 0 Å². The van der Waals surface area contributed by atoms with Crippen LogP contribution in [0.5, 0.6) is 5.75 Å². The third-order valence-corrected chi connectivity index (χ3v) is 5.91. The van der Waals surface area contributed by atoms with Gasteiger partial charge in [-0.3, -0.25) is 0 Å². The topological polar surface area (TPSA) is 40.2 Å². The summed E-state index contributed by atoms with van der Waals surface area (Å²) in [5.74, 6) is 0.878. The molecule has 2 aliphatic rings. The Hall–Kier alpha value is -2.60.